The molecule has 1 aliphatic rings. The summed E-state index contributed by atoms with van der Waals surface area (Å²) in [5.41, 5.74) is 1.53. The number of aromatic nitrogens is 1. The number of carbonyl (C=O) groups excluding carboxylic acids is 1. The van der Waals surface area contributed by atoms with E-state index < -0.39 is 11.9 Å². The molecule has 0 saturated heterocycles. The molecule has 1 saturated carbocycles. The normalized spacial score (nSPS) is 15.6. The molecule has 1 aliphatic carbocycles. The number of benzene rings is 1. The van der Waals surface area contributed by atoms with Crippen LogP contribution in [0.3, 0.4) is 0 Å². The van der Waals surface area contributed by atoms with E-state index in [-0.39, 0.29) is 12.3 Å². The van der Waals surface area contributed by atoms with E-state index in [1.165, 1.54) is 29.1 Å². The van der Waals surface area contributed by atoms with E-state index in [0.717, 1.165) is 18.4 Å². The minimum atomic E-state index is -0.935. The SMILES string of the molecule is CN(C(=O)[C@@H](CC(=O)O)CC1CCCC1)c1nc(-c2ccccc2Cl)cs1. The predicted molar refractivity (Wildman–Crippen MR) is 108 cm³/mol. The third-order valence-electron chi connectivity index (χ3n) is 5.12. The number of hydrogen-bond acceptors (Lipinski definition) is 4. The highest BCUT2D eigenvalue weighted by molar-refractivity contribution is 7.14. The zero-order chi connectivity index (χ0) is 19.4. The number of amides is 1. The molecule has 3 rings (SSSR count). The van der Waals surface area contributed by atoms with Crippen LogP contribution in [0.4, 0.5) is 5.13 Å². The van der Waals surface area contributed by atoms with Gasteiger partial charge in [-0.05, 0) is 18.4 Å². The molecule has 1 aromatic carbocycles. The molecule has 0 unspecified atom stereocenters. The van der Waals surface area contributed by atoms with Crippen LogP contribution >= 0.6 is 22.9 Å². The molecule has 0 bridgehead atoms. The molecule has 1 fully saturated rings. The van der Waals surface area contributed by atoms with Crippen LogP contribution < -0.4 is 4.90 Å². The number of carbonyl (C=O) groups is 2. The largest absolute Gasteiger partial charge is 0.481 e. The zero-order valence-electron chi connectivity index (χ0n) is 15.2. The van der Waals surface area contributed by atoms with Crippen molar-refractivity contribution in [3.63, 3.8) is 0 Å². The highest BCUT2D eigenvalue weighted by Crippen LogP contribution is 2.34. The number of hydrogen-bond donors (Lipinski definition) is 1. The highest BCUT2D eigenvalue weighted by atomic mass is 35.5. The first kappa shape index (κ1) is 19.8. The second-order valence-corrected chi connectivity index (χ2v) is 8.32. The van der Waals surface area contributed by atoms with E-state index >= 15 is 0 Å². The van der Waals surface area contributed by atoms with Crippen LogP contribution in [0.1, 0.15) is 38.5 Å². The summed E-state index contributed by atoms with van der Waals surface area (Å²) in [5.74, 6) is -1.18. The highest BCUT2D eigenvalue weighted by Gasteiger charge is 2.30. The Hall–Kier alpha value is -1.92. The molecule has 144 valence electrons. The Labute approximate surface area is 168 Å². The van der Waals surface area contributed by atoms with Crippen molar-refractivity contribution in [2.45, 2.75) is 38.5 Å². The Morgan fingerprint density at radius 3 is 2.70 bits per heavy atom. The van der Waals surface area contributed by atoms with Crippen LogP contribution in [-0.4, -0.2) is 29.0 Å². The molecule has 5 nitrogen and oxygen atoms in total. The lowest BCUT2D eigenvalue weighted by Crippen LogP contribution is -2.35. The first-order valence-corrected chi connectivity index (χ1v) is 10.4. The van der Waals surface area contributed by atoms with E-state index in [9.17, 15) is 14.7 Å². The Morgan fingerprint density at radius 2 is 2.04 bits per heavy atom. The topological polar surface area (TPSA) is 70.5 Å². The molecular weight excluding hydrogens is 384 g/mol. The summed E-state index contributed by atoms with van der Waals surface area (Å²) < 4.78 is 0. The van der Waals surface area contributed by atoms with Gasteiger partial charge in [0.25, 0.3) is 0 Å². The summed E-state index contributed by atoms with van der Waals surface area (Å²) in [6, 6.07) is 7.43. The van der Waals surface area contributed by atoms with Crippen molar-refractivity contribution in [1.29, 1.82) is 0 Å². The third kappa shape index (κ3) is 4.87. The standard InChI is InChI=1S/C20H23ClN2O3S/c1-23(19(26)14(11-18(24)25)10-13-6-2-3-7-13)20-22-17(12-27-20)15-8-4-5-9-16(15)21/h4-5,8-9,12-14H,2-3,6-7,10-11H2,1H3,(H,24,25)/t14-/m1/s1. The lowest BCUT2D eigenvalue weighted by molar-refractivity contribution is -0.140. The Balaban J connectivity index is 1.76. The van der Waals surface area contributed by atoms with Gasteiger partial charge in [0.05, 0.1) is 12.1 Å². The summed E-state index contributed by atoms with van der Waals surface area (Å²) in [6.45, 7) is 0. The van der Waals surface area contributed by atoms with Gasteiger partial charge in [0.15, 0.2) is 5.13 Å². The van der Waals surface area contributed by atoms with Crippen LogP contribution in [0.2, 0.25) is 5.02 Å². The molecule has 1 N–H and O–H groups in total. The fourth-order valence-corrected chi connectivity index (χ4v) is 4.74. The van der Waals surface area contributed by atoms with Crippen LogP contribution in [-0.2, 0) is 9.59 Å². The van der Waals surface area contributed by atoms with Crippen LogP contribution in [0, 0.1) is 11.8 Å². The summed E-state index contributed by atoms with van der Waals surface area (Å²) >= 11 is 7.59. The molecule has 27 heavy (non-hydrogen) atoms. The number of thiazole rings is 1. The fourth-order valence-electron chi connectivity index (χ4n) is 3.71. The van der Waals surface area contributed by atoms with Gasteiger partial charge in [-0.3, -0.25) is 14.5 Å². The molecule has 1 atom stereocenters. The minimum Gasteiger partial charge on any atom is -0.481 e. The van der Waals surface area contributed by atoms with Gasteiger partial charge in [-0.15, -0.1) is 11.3 Å². The van der Waals surface area contributed by atoms with Gasteiger partial charge in [-0.2, -0.15) is 0 Å². The maximum absolute atomic E-state index is 13.0. The van der Waals surface area contributed by atoms with Gasteiger partial charge in [-0.25, -0.2) is 4.98 Å². The predicted octanol–water partition coefficient (Wildman–Crippen LogP) is 5.10. The van der Waals surface area contributed by atoms with Crippen LogP contribution in [0.5, 0.6) is 0 Å². The van der Waals surface area contributed by atoms with Crippen molar-refractivity contribution in [3.8, 4) is 11.3 Å². The van der Waals surface area contributed by atoms with E-state index in [2.05, 4.69) is 4.98 Å². The van der Waals surface area contributed by atoms with Crippen LogP contribution in [0.15, 0.2) is 29.6 Å². The lowest BCUT2D eigenvalue weighted by atomic mass is 9.90. The number of anilines is 1. The quantitative estimate of drug-likeness (QED) is 0.694. The smallest absolute Gasteiger partial charge is 0.304 e. The zero-order valence-corrected chi connectivity index (χ0v) is 16.8. The molecule has 0 spiro atoms. The van der Waals surface area contributed by atoms with E-state index in [1.54, 1.807) is 13.1 Å². The van der Waals surface area contributed by atoms with Crippen molar-refractivity contribution in [3.05, 3.63) is 34.7 Å². The molecule has 1 amide bonds. The van der Waals surface area contributed by atoms with Gasteiger partial charge >= 0.3 is 5.97 Å². The fraction of sp³-hybridized carbons (Fsp3) is 0.450. The van der Waals surface area contributed by atoms with E-state index in [4.69, 9.17) is 11.6 Å². The third-order valence-corrected chi connectivity index (χ3v) is 6.37. The second kappa shape index (κ2) is 8.85. The molecule has 1 aromatic heterocycles. The molecule has 1 heterocycles. The molecular formula is C20H23ClN2O3S. The summed E-state index contributed by atoms with van der Waals surface area (Å²) in [7, 11) is 1.67. The first-order chi connectivity index (χ1) is 13.0. The Bertz CT molecular complexity index is 817. The number of halogens is 1. The van der Waals surface area contributed by atoms with Crippen molar-refractivity contribution in [2.75, 3.05) is 11.9 Å². The number of rotatable bonds is 7. The van der Waals surface area contributed by atoms with Crippen molar-refractivity contribution in [2.24, 2.45) is 11.8 Å². The van der Waals surface area contributed by atoms with Gasteiger partial charge in [0, 0.05) is 28.9 Å². The van der Waals surface area contributed by atoms with Crippen molar-refractivity contribution in [1.82, 2.24) is 4.98 Å². The number of aliphatic carboxylic acids is 1. The van der Waals surface area contributed by atoms with Crippen LogP contribution in [0.25, 0.3) is 11.3 Å². The van der Waals surface area contributed by atoms with Crippen molar-refractivity contribution >= 4 is 39.9 Å². The number of carboxylic acids is 1. The lowest BCUT2D eigenvalue weighted by Gasteiger charge is -2.23. The molecule has 2 aromatic rings. The van der Waals surface area contributed by atoms with Gasteiger partial charge in [0.1, 0.15) is 0 Å². The average molecular weight is 407 g/mol. The summed E-state index contributed by atoms with van der Waals surface area (Å²) in [6.07, 6.45) is 5.01. The van der Waals surface area contributed by atoms with Gasteiger partial charge in [-0.1, -0.05) is 55.5 Å². The van der Waals surface area contributed by atoms with E-state index in [1.807, 2.05) is 23.6 Å². The monoisotopic (exact) mass is 406 g/mol. The number of nitrogens with zero attached hydrogens (tertiary/aromatic N) is 2. The maximum atomic E-state index is 13.0. The Kier molecular flexibility index (Phi) is 6.50. The van der Waals surface area contributed by atoms with Crippen molar-refractivity contribution < 1.29 is 14.7 Å². The van der Waals surface area contributed by atoms with Gasteiger partial charge in [0.2, 0.25) is 5.91 Å². The maximum Gasteiger partial charge on any atom is 0.304 e. The second-order valence-electron chi connectivity index (χ2n) is 7.07. The molecule has 0 radical (unpaired) electrons. The number of carboxylic acid groups (broad SMARTS) is 1. The first-order valence-electron chi connectivity index (χ1n) is 9.15. The van der Waals surface area contributed by atoms with Gasteiger partial charge < -0.3 is 5.11 Å². The molecule has 0 aliphatic heterocycles. The van der Waals surface area contributed by atoms with E-state index in [0.29, 0.717) is 28.2 Å². The average Bonchev–Trinajstić information content (AvgIpc) is 3.32. The summed E-state index contributed by atoms with van der Waals surface area (Å²) in [4.78, 5) is 30.3. The summed E-state index contributed by atoms with van der Waals surface area (Å²) in [5, 5.41) is 12.3. The molecule has 7 heteroatoms. The minimum absolute atomic E-state index is 0.136. The Morgan fingerprint density at radius 1 is 1.33 bits per heavy atom.